The predicted molar refractivity (Wildman–Crippen MR) is 95.8 cm³/mol. The molecule has 13 nitrogen and oxygen atoms in total. The highest BCUT2D eigenvalue weighted by Gasteiger charge is 2.53. The molecular formula is C18H28O13. The van der Waals surface area contributed by atoms with Gasteiger partial charge < -0.3 is 48.8 Å². The van der Waals surface area contributed by atoms with E-state index in [4.69, 9.17) is 28.4 Å². The van der Waals surface area contributed by atoms with Crippen molar-refractivity contribution in [1.29, 1.82) is 0 Å². The molecular weight excluding hydrogens is 424 g/mol. The van der Waals surface area contributed by atoms with Gasteiger partial charge in [0.1, 0.15) is 31.0 Å². The number of hydrogen-bond donors (Lipinski definition) is 4. The molecule has 0 aromatic carbocycles. The topological polar surface area (TPSA) is 188 Å². The summed E-state index contributed by atoms with van der Waals surface area (Å²) in [5.41, 5.74) is 0. The van der Waals surface area contributed by atoms with Crippen molar-refractivity contribution in [1.82, 2.24) is 0 Å². The largest absolute Gasteiger partial charge is 0.463 e. The van der Waals surface area contributed by atoms with E-state index in [2.05, 4.69) is 0 Å². The molecule has 2 rings (SSSR count). The summed E-state index contributed by atoms with van der Waals surface area (Å²) in [7, 11) is 0. The molecule has 0 aromatic rings. The SMILES string of the molecule is CC(=O)OCC1O[C@H](O)C(OC2O[C@@H](C)C(O)C(O)[C@@H]2O)C(OC(C)=O)[C@H]1OC(C)=O. The molecule has 13 heteroatoms. The van der Waals surface area contributed by atoms with Gasteiger partial charge in [-0.25, -0.2) is 0 Å². The Kier molecular flexibility index (Phi) is 8.71. The van der Waals surface area contributed by atoms with E-state index in [1.165, 1.54) is 6.92 Å². The average Bonchev–Trinajstić information content (AvgIpc) is 2.66. The second-order valence-electron chi connectivity index (χ2n) is 7.30. The Morgan fingerprint density at radius 1 is 0.774 bits per heavy atom. The van der Waals surface area contributed by atoms with E-state index < -0.39 is 85.9 Å². The van der Waals surface area contributed by atoms with E-state index in [0.717, 1.165) is 20.8 Å². The molecule has 0 aromatic heterocycles. The van der Waals surface area contributed by atoms with Crippen LogP contribution in [0.5, 0.6) is 0 Å². The number of carbonyl (C=O) groups excluding carboxylic acids is 3. The van der Waals surface area contributed by atoms with Crippen molar-refractivity contribution in [3.63, 3.8) is 0 Å². The molecule has 2 saturated heterocycles. The van der Waals surface area contributed by atoms with Crippen LogP contribution in [0.1, 0.15) is 27.7 Å². The number of aliphatic hydroxyl groups excluding tert-OH is 4. The van der Waals surface area contributed by atoms with Crippen LogP contribution in [0.3, 0.4) is 0 Å². The first-order valence-corrected chi connectivity index (χ1v) is 9.58. The summed E-state index contributed by atoms with van der Waals surface area (Å²) in [4.78, 5) is 34.5. The number of aliphatic hydroxyl groups is 4. The Morgan fingerprint density at radius 2 is 1.35 bits per heavy atom. The van der Waals surface area contributed by atoms with Crippen molar-refractivity contribution < 1.29 is 63.2 Å². The van der Waals surface area contributed by atoms with Gasteiger partial charge in [-0.3, -0.25) is 14.4 Å². The lowest BCUT2D eigenvalue weighted by atomic mass is 9.97. The lowest BCUT2D eigenvalue weighted by Gasteiger charge is -2.46. The van der Waals surface area contributed by atoms with Gasteiger partial charge in [0.25, 0.3) is 0 Å². The van der Waals surface area contributed by atoms with Gasteiger partial charge >= 0.3 is 17.9 Å². The maximum atomic E-state index is 11.7. The zero-order chi connectivity index (χ0) is 23.5. The molecule has 2 heterocycles. The third-order valence-corrected chi connectivity index (χ3v) is 4.76. The first kappa shape index (κ1) is 25.4. The van der Waals surface area contributed by atoms with Gasteiger partial charge in [-0.1, -0.05) is 0 Å². The third kappa shape index (κ3) is 6.32. The van der Waals surface area contributed by atoms with E-state index in [9.17, 15) is 34.8 Å². The van der Waals surface area contributed by atoms with E-state index in [-0.39, 0.29) is 0 Å². The van der Waals surface area contributed by atoms with Crippen molar-refractivity contribution in [2.45, 2.75) is 89.1 Å². The molecule has 4 N–H and O–H groups in total. The molecule has 2 aliphatic rings. The summed E-state index contributed by atoms with van der Waals surface area (Å²) < 4.78 is 31.5. The lowest BCUT2D eigenvalue weighted by Crippen LogP contribution is -2.65. The number of carbonyl (C=O) groups is 3. The van der Waals surface area contributed by atoms with Crippen molar-refractivity contribution in [2.75, 3.05) is 6.61 Å². The summed E-state index contributed by atoms with van der Waals surface area (Å²) >= 11 is 0. The number of hydrogen-bond acceptors (Lipinski definition) is 13. The molecule has 10 atom stereocenters. The second-order valence-corrected chi connectivity index (χ2v) is 7.30. The van der Waals surface area contributed by atoms with Crippen LogP contribution in [0.15, 0.2) is 0 Å². The molecule has 0 radical (unpaired) electrons. The van der Waals surface area contributed by atoms with Crippen LogP contribution in [0.4, 0.5) is 0 Å². The molecule has 0 saturated carbocycles. The van der Waals surface area contributed by atoms with Crippen LogP contribution in [-0.2, 0) is 42.8 Å². The molecule has 178 valence electrons. The van der Waals surface area contributed by atoms with Gasteiger partial charge in [-0.05, 0) is 6.92 Å². The third-order valence-electron chi connectivity index (χ3n) is 4.76. The van der Waals surface area contributed by atoms with Crippen molar-refractivity contribution >= 4 is 17.9 Å². The minimum absolute atomic E-state index is 0.431. The number of ether oxygens (including phenoxy) is 6. The molecule has 0 bridgehead atoms. The van der Waals surface area contributed by atoms with Crippen LogP contribution in [-0.4, -0.2) is 106 Å². The van der Waals surface area contributed by atoms with Gasteiger partial charge in [-0.2, -0.15) is 0 Å². The monoisotopic (exact) mass is 452 g/mol. The highest BCUT2D eigenvalue weighted by Crippen LogP contribution is 2.31. The van der Waals surface area contributed by atoms with Crippen LogP contribution < -0.4 is 0 Å². The van der Waals surface area contributed by atoms with E-state index >= 15 is 0 Å². The van der Waals surface area contributed by atoms with Gasteiger partial charge in [0.15, 0.2) is 30.9 Å². The maximum Gasteiger partial charge on any atom is 0.303 e. The van der Waals surface area contributed by atoms with E-state index in [1.807, 2.05) is 0 Å². The zero-order valence-corrected chi connectivity index (χ0v) is 17.4. The van der Waals surface area contributed by atoms with Gasteiger partial charge in [0, 0.05) is 20.8 Å². The minimum Gasteiger partial charge on any atom is -0.463 e. The molecule has 0 spiro atoms. The quantitative estimate of drug-likeness (QED) is 0.242. The number of esters is 3. The Morgan fingerprint density at radius 3 is 1.90 bits per heavy atom. The molecule has 0 amide bonds. The predicted octanol–water partition coefficient (Wildman–Crippen LogP) is -2.66. The standard InChI is InChI=1S/C18H28O13/c1-6-11(22)12(23)13(24)18(27-6)31-16-15(29-9(4)21)14(28-8(3)20)10(30-17(16)25)5-26-7(2)19/h6,10-18,22-25H,5H2,1-4H3/t6-,10?,11?,12?,13-,14-,15?,16?,17-,18?/m0/s1. The number of rotatable bonds is 6. The minimum atomic E-state index is -1.80. The summed E-state index contributed by atoms with van der Waals surface area (Å²) in [5.74, 6) is -2.26. The lowest BCUT2D eigenvalue weighted by molar-refractivity contribution is -0.359. The fourth-order valence-electron chi connectivity index (χ4n) is 3.31. The molecule has 2 fully saturated rings. The van der Waals surface area contributed by atoms with Gasteiger partial charge in [0.05, 0.1) is 6.10 Å². The fourth-order valence-corrected chi connectivity index (χ4v) is 3.31. The normalized spacial score (nSPS) is 40.6. The fraction of sp³-hybridized carbons (Fsp3) is 0.833. The van der Waals surface area contributed by atoms with E-state index in [0.29, 0.717) is 0 Å². The second kappa shape index (κ2) is 10.6. The summed E-state index contributed by atoms with van der Waals surface area (Å²) in [6.45, 7) is 4.28. The zero-order valence-electron chi connectivity index (χ0n) is 17.4. The Bertz CT molecular complexity index is 654. The smallest absolute Gasteiger partial charge is 0.303 e. The summed E-state index contributed by atoms with van der Waals surface area (Å²) in [6.07, 6.45) is -14.6. The van der Waals surface area contributed by atoms with Crippen LogP contribution in [0.2, 0.25) is 0 Å². The Hall–Kier alpha value is -1.87. The van der Waals surface area contributed by atoms with Crippen LogP contribution >= 0.6 is 0 Å². The molecule has 2 aliphatic heterocycles. The molecule has 31 heavy (non-hydrogen) atoms. The van der Waals surface area contributed by atoms with Crippen LogP contribution in [0.25, 0.3) is 0 Å². The Balaban J connectivity index is 2.30. The molecule has 6 unspecified atom stereocenters. The first-order valence-electron chi connectivity index (χ1n) is 9.58. The van der Waals surface area contributed by atoms with Crippen LogP contribution in [0, 0.1) is 0 Å². The molecule has 0 aliphatic carbocycles. The highest BCUT2D eigenvalue weighted by atomic mass is 16.7. The first-order chi connectivity index (χ1) is 14.4. The summed E-state index contributed by atoms with van der Waals surface area (Å²) in [6, 6.07) is 0. The highest BCUT2D eigenvalue weighted by molar-refractivity contribution is 5.67. The van der Waals surface area contributed by atoms with Gasteiger partial charge in [0.2, 0.25) is 0 Å². The average molecular weight is 452 g/mol. The summed E-state index contributed by atoms with van der Waals surface area (Å²) in [5, 5.41) is 40.4. The Labute approximate surface area is 177 Å². The van der Waals surface area contributed by atoms with Crippen molar-refractivity contribution in [2.24, 2.45) is 0 Å². The van der Waals surface area contributed by atoms with Crippen molar-refractivity contribution in [3.8, 4) is 0 Å². The van der Waals surface area contributed by atoms with Gasteiger partial charge in [-0.15, -0.1) is 0 Å². The van der Waals surface area contributed by atoms with E-state index in [1.54, 1.807) is 0 Å². The van der Waals surface area contributed by atoms with Crippen molar-refractivity contribution in [3.05, 3.63) is 0 Å². The maximum absolute atomic E-state index is 11.7.